The van der Waals surface area contributed by atoms with E-state index >= 15 is 0 Å². The highest BCUT2D eigenvalue weighted by Crippen LogP contribution is 2.36. The van der Waals surface area contributed by atoms with Gasteiger partial charge in [0.15, 0.2) is 0 Å². The van der Waals surface area contributed by atoms with E-state index in [4.69, 9.17) is 9.72 Å². The van der Waals surface area contributed by atoms with E-state index < -0.39 is 0 Å². The first-order valence-electron chi connectivity index (χ1n) is 10.6. The normalized spacial score (nSPS) is 11.3. The van der Waals surface area contributed by atoms with Crippen molar-refractivity contribution in [2.75, 3.05) is 13.7 Å². The second kappa shape index (κ2) is 9.41. The van der Waals surface area contributed by atoms with E-state index in [2.05, 4.69) is 87.3 Å². The van der Waals surface area contributed by atoms with Crippen LogP contribution in [0.2, 0.25) is 0 Å². The molecule has 0 fully saturated rings. The largest absolute Gasteiger partial charge is 0.497 e. The molecule has 3 nitrogen and oxygen atoms in total. The topological polar surface area (TPSA) is 34.1 Å². The first-order chi connectivity index (χ1) is 15.7. The number of halogens is 1. The summed E-state index contributed by atoms with van der Waals surface area (Å²) in [6, 6.07) is 25.4. The van der Waals surface area contributed by atoms with Gasteiger partial charge < -0.3 is 10.1 Å². The average Bonchev–Trinajstić information content (AvgIpc) is 3.26. The van der Waals surface area contributed by atoms with Gasteiger partial charge in [-0.15, -0.1) is 11.3 Å². The van der Waals surface area contributed by atoms with Crippen LogP contribution in [0.25, 0.3) is 32.2 Å². The number of hydrogen-bond donors (Lipinski definition) is 1. The van der Waals surface area contributed by atoms with Gasteiger partial charge in [-0.2, -0.15) is 0 Å². The van der Waals surface area contributed by atoms with Crippen molar-refractivity contribution in [3.8, 4) is 17.0 Å². The molecule has 32 heavy (non-hydrogen) atoms. The zero-order valence-corrected chi connectivity index (χ0v) is 20.2. The van der Waals surface area contributed by atoms with E-state index in [-0.39, 0.29) is 0 Å². The van der Waals surface area contributed by atoms with Crippen molar-refractivity contribution in [2.45, 2.75) is 13.0 Å². The van der Waals surface area contributed by atoms with Gasteiger partial charge in [0, 0.05) is 43.5 Å². The Morgan fingerprint density at radius 2 is 1.84 bits per heavy atom. The van der Waals surface area contributed by atoms with Crippen molar-refractivity contribution in [3.05, 3.63) is 93.8 Å². The number of aromatic nitrogens is 1. The predicted molar refractivity (Wildman–Crippen MR) is 139 cm³/mol. The number of thiophene rings is 1. The fourth-order valence-corrected chi connectivity index (χ4v) is 5.16. The molecule has 5 rings (SSSR count). The Morgan fingerprint density at radius 1 is 1.00 bits per heavy atom. The van der Waals surface area contributed by atoms with Crippen LogP contribution in [0.1, 0.15) is 11.1 Å². The van der Waals surface area contributed by atoms with E-state index in [0.717, 1.165) is 46.3 Å². The molecule has 0 saturated carbocycles. The van der Waals surface area contributed by atoms with Crippen molar-refractivity contribution in [3.63, 3.8) is 0 Å². The van der Waals surface area contributed by atoms with Gasteiger partial charge in [0.25, 0.3) is 0 Å². The summed E-state index contributed by atoms with van der Waals surface area (Å²) in [5, 5.41) is 8.23. The lowest BCUT2D eigenvalue weighted by Crippen LogP contribution is -2.17. The maximum absolute atomic E-state index is 5.43. The first-order valence-corrected chi connectivity index (χ1v) is 12.3. The van der Waals surface area contributed by atoms with Crippen LogP contribution in [0.3, 0.4) is 0 Å². The molecule has 2 aromatic heterocycles. The number of pyridine rings is 1. The minimum atomic E-state index is 0.769. The quantitative estimate of drug-likeness (QED) is 0.238. The number of hydrogen-bond acceptors (Lipinski definition) is 4. The zero-order valence-electron chi connectivity index (χ0n) is 17.8. The molecule has 1 N–H and O–H groups in total. The minimum Gasteiger partial charge on any atom is -0.497 e. The highest BCUT2D eigenvalue weighted by Gasteiger charge is 2.14. The summed E-state index contributed by atoms with van der Waals surface area (Å²) in [6.45, 7) is 1.68. The van der Waals surface area contributed by atoms with E-state index in [1.807, 2.05) is 12.1 Å². The molecule has 2 heterocycles. The molecule has 0 spiro atoms. The average molecular weight is 503 g/mol. The third-order valence-electron chi connectivity index (χ3n) is 5.66. The first kappa shape index (κ1) is 21.1. The predicted octanol–water partition coefficient (Wildman–Crippen LogP) is 7.22. The summed E-state index contributed by atoms with van der Waals surface area (Å²) >= 11 is 5.27. The lowest BCUT2D eigenvalue weighted by Gasteiger charge is -2.13. The molecule has 5 aromatic rings. The molecular weight excluding hydrogens is 480 g/mol. The molecule has 5 heteroatoms. The molecule has 0 bridgehead atoms. The number of benzene rings is 3. The van der Waals surface area contributed by atoms with Crippen LogP contribution in [-0.4, -0.2) is 18.6 Å². The maximum Gasteiger partial charge on any atom is 0.121 e. The monoisotopic (exact) mass is 502 g/mol. The van der Waals surface area contributed by atoms with E-state index in [0.29, 0.717) is 0 Å². The highest BCUT2D eigenvalue weighted by molar-refractivity contribution is 9.10. The molecule has 0 aliphatic rings. The summed E-state index contributed by atoms with van der Waals surface area (Å²) in [5.74, 6) is 0.825. The summed E-state index contributed by atoms with van der Waals surface area (Å²) in [4.78, 5) is 5.10. The third-order valence-corrected chi connectivity index (χ3v) is 7.15. The Morgan fingerprint density at radius 3 is 2.69 bits per heavy atom. The lowest BCUT2D eigenvalue weighted by molar-refractivity contribution is 0.415. The van der Waals surface area contributed by atoms with Crippen molar-refractivity contribution < 1.29 is 4.74 Å². The van der Waals surface area contributed by atoms with Crippen molar-refractivity contribution >= 4 is 48.3 Å². The van der Waals surface area contributed by atoms with Crippen molar-refractivity contribution in [1.29, 1.82) is 0 Å². The Balaban J connectivity index is 1.47. The Hall–Kier alpha value is -2.73. The van der Waals surface area contributed by atoms with Crippen LogP contribution in [0.5, 0.6) is 5.75 Å². The molecule has 0 unspecified atom stereocenters. The van der Waals surface area contributed by atoms with Crippen LogP contribution in [0.15, 0.2) is 82.6 Å². The van der Waals surface area contributed by atoms with Crippen LogP contribution in [0.4, 0.5) is 0 Å². The van der Waals surface area contributed by atoms with Gasteiger partial charge in [-0.25, -0.2) is 4.98 Å². The second-order valence-electron chi connectivity index (χ2n) is 7.75. The Bertz CT molecular complexity index is 1380. The zero-order chi connectivity index (χ0) is 21.9. The molecule has 160 valence electrons. The summed E-state index contributed by atoms with van der Waals surface area (Å²) < 4.78 is 7.82. The van der Waals surface area contributed by atoms with Gasteiger partial charge in [0.05, 0.1) is 18.3 Å². The molecule has 0 atom stereocenters. The van der Waals surface area contributed by atoms with Crippen LogP contribution in [0, 0.1) is 0 Å². The number of fused-ring (bicyclic) bond motifs is 2. The van der Waals surface area contributed by atoms with E-state index in [1.165, 1.54) is 26.8 Å². The third kappa shape index (κ3) is 4.42. The number of ether oxygens (including phenoxy) is 1. The van der Waals surface area contributed by atoms with Crippen LogP contribution < -0.4 is 10.1 Å². The minimum absolute atomic E-state index is 0.769. The summed E-state index contributed by atoms with van der Waals surface area (Å²) in [5.41, 5.74) is 5.73. The molecule has 0 aliphatic carbocycles. The molecule has 0 amide bonds. The number of rotatable bonds is 7. The number of methoxy groups -OCH3 is 1. The van der Waals surface area contributed by atoms with Gasteiger partial charge in [-0.3, -0.25) is 0 Å². The lowest BCUT2D eigenvalue weighted by atomic mass is 10.0. The SMILES string of the molecule is COc1ccc2cc(CNCCc3ccc(Br)cc3)c(-c3csc4ccccc34)nc2c1. The fraction of sp³-hybridized carbons (Fsp3) is 0.148. The second-order valence-corrected chi connectivity index (χ2v) is 9.58. The molecule has 0 radical (unpaired) electrons. The highest BCUT2D eigenvalue weighted by atomic mass is 79.9. The smallest absolute Gasteiger partial charge is 0.121 e. The molecule has 3 aromatic carbocycles. The van der Waals surface area contributed by atoms with Gasteiger partial charge in [0.1, 0.15) is 5.75 Å². The number of nitrogens with zero attached hydrogens (tertiary/aromatic N) is 1. The molecule has 0 aliphatic heterocycles. The van der Waals surface area contributed by atoms with Crippen LogP contribution in [-0.2, 0) is 13.0 Å². The van der Waals surface area contributed by atoms with Crippen molar-refractivity contribution in [1.82, 2.24) is 10.3 Å². The van der Waals surface area contributed by atoms with Gasteiger partial charge in [0.2, 0.25) is 0 Å². The molecular formula is C27H23BrN2OS. The van der Waals surface area contributed by atoms with Crippen LogP contribution >= 0.6 is 27.3 Å². The van der Waals surface area contributed by atoms with Gasteiger partial charge in [-0.05, 0) is 60.5 Å². The molecule has 0 saturated heterocycles. The summed E-state index contributed by atoms with van der Waals surface area (Å²) in [7, 11) is 1.69. The van der Waals surface area contributed by atoms with E-state index in [1.54, 1.807) is 18.4 Å². The van der Waals surface area contributed by atoms with Gasteiger partial charge in [-0.1, -0.05) is 46.3 Å². The Kier molecular flexibility index (Phi) is 6.21. The maximum atomic E-state index is 5.43. The Labute approximate surface area is 200 Å². The summed E-state index contributed by atoms with van der Waals surface area (Å²) in [6.07, 6.45) is 0.988. The number of nitrogens with one attached hydrogen (secondary N) is 1. The van der Waals surface area contributed by atoms with Crippen molar-refractivity contribution in [2.24, 2.45) is 0 Å². The fourth-order valence-electron chi connectivity index (χ4n) is 3.95. The standard InChI is InChI=1S/C27H23BrN2OS/c1-31-22-11-8-19-14-20(16-29-13-12-18-6-9-21(28)10-7-18)27(30-25(19)15-22)24-17-32-26-5-3-2-4-23(24)26/h2-11,14-15,17,29H,12-13,16H2,1H3. The van der Waals surface area contributed by atoms with E-state index in [9.17, 15) is 0 Å². The van der Waals surface area contributed by atoms with Gasteiger partial charge >= 0.3 is 0 Å².